The fourth-order valence-electron chi connectivity index (χ4n) is 1.80. The number of anilines is 2. The van der Waals surface area contributed by atoms with Crippen LogP contribution in [-0.4, -0.2) is 19.1 Å². The summed E-state index contributed by atoms with van der Waals surface area (Å²) >= 11 is 3.27. The number of esters is 1. The number of ether oxygens (including phenoxy) is 1. The van der Waals surface area contributed by atoms with Crippen molar-refractivity contribution >= 4 is 39.3 Å². The molecule has 6 heteroatoms. The summed E-state index contributed by atoms with van der Waals surface area (Å²) in [5.74, 6) is -0.477. The summed E-state index contributed by atoms with van der Waals surface area (Å²) in [5, 5.41) is 5.39. The summed E-state index contributed by atoms with van der Waals surface area (Å²) in [4.78, 5) is 23.6. The topological polar surface area (TPSA) is 67.4 Å². The summed E-state index contributed by atoms with van der Waals surface area (Å²) in [6.07, 6.45) is 0. The number of carbonyl (C=O) groups is 2. The third-order valence-corrected chi connectivity index (χ3v) is 3.63. The van der Waals surface area contributed by atoms with Crippen LogP contribution in [0.2, 0.25) is 0 Å². The molecule has 22 heavy (non-hydrogen) atoms. The standard InChI is InChI=1S/C16H15BrN2O3/c1-10-3-5-11(6-4-10)18-16(21)19-12-7-8-14(17)13(9-12)15(20)22-2/h3-9H,1-2H3,(H2,18,19,21). The number of halogens is 1. The number of nitrogens with one attached hydrogen (secondary N) is 2. The van der Waals surface area contributed by atoms with Gasteiger partial charge in [-0.2, -0.15) is 0 Å². The minimum atomic E-state index is -0.477. The van der Waals surface area contributed by atoms with Crippen LogP contribution in [-0.2, 0) is 4.74 Å². The van der Waals surface area contributed by atoms with E-state index in [4.69, 9.17) is 0 Å². The van der Waals surface area contributed by atoms with Gasteiger partial charge in [0, 0.05) is 15.8 Å². The van der Waals surface area contributed by atoms with Crippen molar-refractivity contribution in [2.75, 3.05) is 17.7 Å². The number of amides is 2. The van der Waals surface area contributed by atoms with E-state index in [1.807, 2.05) is 31.2 Å². The van der Waals surface area contributed by atoms with E-state index in [0.29, 0.717) is 21.4 Å². The van der Waals surface area contributed by atoms with Crippen LogP contribution in [0, 0.1) is 6.92 Å². The number of carbonyl (C=O) groups excluding carboxylic acids is 2. The zero-order chi connectivity index (χ0) is 16.1. The number of benzene rings is 2. The van der Waals surface area contributed by atoms with Gasteiger partial charge in [-0.3, -0.25) is 0 Å². The first kappa shape index (κ1) is 16.0. The highest BCUT2D eigenvalue weighted by Crippen LogP contribution is 2.22. The van der Waals surface area contributed by atoms with E-state index in [1.54, 1.807) is 18.2 Å². The zero-order valence-corrected chi connectivity index (χ0v) is 13.7. The summed E-state index contributed by atoms with van der Waals surface area (Å²) in [5.41, 5.74) is 2.64. The number of methoxy groups -OCH3 is 1. The van der Waals surface area contributed by atoms with Crippen LogP contribution in [0.15, 0.2) is 46.9 Å². The Morgan fingerprint density at radius 2 is 1.59 bits per heavy atom. The predicted molar refractivity (Wildman–Crippen MR) is 89.3 cm³/mol. The minimum absolute atomic E-state index is 0.343. The highest BCUT2D eigenvalue weighted by molar-refractivity contribution is 9.10. The second-order valence-corrected chi connectivity index (χ2v) is 5.49. The van der Waals surface area contributed by atoms with Gasteiger partial charge in [-0.1, -0.05) is 17.7 Å². The molecule has 0 aromatic heterocycles. The van der Waals surface area contributed by atoms with Crippen LogP contribution in [0.25, 0.3) is 0 Å². The Kier molecular flexibility index (Phi) is 5.16. The molecule has 5 nitrogen and oxygen atoms in total. The van der Waals surface area contributed by atoms with E-state index >= 15 is 0 Å². The van der Waals surface area contributed by atoms with Crippen LogP contribution in [0.5, 0.6) is 0 Å². The highest BCUT2D eigenvalue weighted by atomic mass is 79.9. The second-order valence-electron chi connectivity index (χ2n) is 4.63. The maximum absolute atomic E-state index is 12.0. The molecule has 0 aliphatic rings. The molecule has 0 saturated heterocycles. The molecule has 0 radical (unpaired) electrons. The average molecular weight is 363 g/mol. The fraction of sp³-hybridized carbons (Fsp3) is 0.125. The Balaban J connectivity index is 2.08. The van der Waals surface area contributed by atoms with Crippen molar-refractivity contribution in [3.63, 3.8) is 0 Å². The smallest absolute Gasteiger partial charge is 0.339 e. The Morgan fingerprint density at radius 1 is 1.00 bits per heavy atom. The number of hydrogen-bond acceptors (Lipinski definition) is 3. The molecule has 2 N–H and O–H groups in total. The SMILES string of the molecule is COC(=O)c1cc(NC(=O)Nc2ccc(C)cc2)ccc1Br. The Hall–Kier alpha value is -2.34. The normalized spacial score (nSPS) is 9.95. The predicted octanol–water partition coefficient (Wildman–Crippen LogP) is 4.19. The lowest BCUT2D eigenvalue weighted by Gasteiger charge is -2.10. The lowest BCUT2D eigenvalue weighted by molar-refractivity contribution is 0.0599. The molecule has 0 aliphatic carbocycles. The van der Waals surface area contributed by atoms with Crippen LogP contribution in [0.4, 0.5) is 16.2 Å². The summed E-state index contributed by atoms with van der Waals surface area (Å²) in [7, 11) is 1.30. The number of urea groups is 1. The Bertz CT molecular complexity index is 699. The molecule has 0 heterocycles. The van der Waals surface area contributed by atoms with Crippen LogP contribution in [0.3, 0.4) is 0 Å². The molecule has 2 aromatic carbocycles. The van der Waals surface area contributed by atoms with E-state index < -0.39 is 5.97 Å². The van der Waals surface area contributed by atoms with Gasteiger partial charge in [0.2, 0.25) is 0 Å². The first-order chi connectivity index (χ1) is 10.5. The third-order valence-electron chi connectivity index (χ3n) is 2.94. The molecular formula is C16H15BrN2O3. The zero-order valence-electron chi connectivity index (χ0n) is 12.1. The quantitative estimate of drug-likeness (QED) is 0.804. The van der Waals surface area contributed by atoms with Gasteiger partial charge in [0.05, 0.1) is 12.7 Å². The van der Waals surface area contributed by atoms with Gasteiger partial charge in [0.15, 0.2) is 0 Å². The average Bonchev–Trinajstić information content (AvgIpc) is 2.50. The maximum atomic E-state index is 12.0. The van der Waals surface area contributed by atoms with Crippen molar-refractivity contribution in [1.29, 1.82) is 0 Å². The molecule has 0 aliphatic heterocycles. The molecule has 2 amide bonds. The Morgan fingerprint density at radius 3 is 2.23 bits per heavy atom. The summed E-state index contributed by atoms with van der Waals surface area (Å²) in [6, 6.07) is 12.0. The van der Waals surface area contributed by atoms with Gasteiger partial charge in [-0.15, -0.1) is 0 Å². The molecule has 0 unspecified atom stereocenters. The van der Waals surface area contributed by atoms with Crippen molar-refractivity contribution in [3.05, 3.63) is 58.1 Å². The van der Waals surface area contributed by atoms with Gasteiger partial charge in [-0.05, 0) is 53.2 Å². The van der Waals surface area contributed by atoms with E-state index in [2.05, 4.69) is 31.3 Å². The maximum Gasteiger partial charge on any atom is 0.339 e. The van der Waals surface area contributed by atoms with E-state index in [-0.39, 0.29) is 6.03 Å². The van der Waals surface area contributed by atoms with Crippen LogP contribution in [0.1, 0.15) is 15.9 Å². The molecule has 114 valence electrons. The van der Waals surface area contributed by atoms with Crippen molar-refractivity contribution < 1.29 is 14.3 Å². The molecule has 2 rings (SSSR count). The molecule has 0 saturated carbocycles. The number of hydrogen-bond donors (Lipinski definition) is 2. The van der Waals surface area contributed by atoms with Crippen LogP contribution >= 0.6 is 15.9 Å². The lowest BCUT2D eigenvalue weighted by Crippen LogP contribution is -2.19. The van der Waals surface area contributed by atoms with Crippen molar-refractivity contribution in [2.45, 2.75) is 6.92 Å². The number of aryl methyl sites for hydroxylation is 1. The molecule has 0 fully saturated rings. The highest BCUT2D eigenvalue weighted by Gasteiger charge is 2.12. The van der Waals surface area contributed by atoms with Gasteiger partial charge >= 0.3 is 12.0 Å². The van der Waals surface area contributed by atoms with E-state index in [0.717, 1.165) is 5.56 Å². The van der Waals surface area contributed by atoms with Crippen molar-refractivity contribution in [3.8, 4) is 0 Å². The van der Waals surface area contributed by atoms with Gasteiger partial charge in [0.25, 0.3) is 0 Å². The minimum Gasteiger partial charge on any atom is -0.465 e. The van der Waals surface area contributed by atoms with Gasteiger partial charge < -0.3 is 15.4 Å². The fourth-order valence-corrected chi connectivity index (χ4v) is 2.21. The number of rotatable bonds is 3. The van der Waals surface area contributed by atoms with Gasteiger partial charge in [0.1, 0.15) is 0 Å². The largest absolute Gasteiger partial charge is 0.465 e. The summed E-state index contributed by atoms with van der Waals surface area (Å²) in [6.45, 7) is 1.97. The third kappa shape index (κ3) is 4.08. The van der Waals surface area contributed by atoms with Crippen LogP contribution < -0.4 is 10.6 Å². The Labute approximate surface area is 136 Å². The molecule has 2 aromatic rings. The first-order valence-electron chi connectivity index (χ1n) is 6.52. The monoisotopic (exact) mass is 362 g/mol. The van der Waals surface area contributed by atoms with Gasteiger partial charge in [-0.25, -0.2) is 9.59 Å². The lowest BCUT2D eigenvalue weighted by atomic mass is 10.2. The first-order valence-corrected chi connectivity index (χ1v) is 7.31. The molecule has 0 bridgehead atoms. The van der Waals surface area contributed by atoms with E-state index in [1.165, 1.54) is 7.11 Å². The van der Waals surface area contributed by atoms with E-state index in [9.17, 15) is 9.59 Å². The van der Waals surface area contributed by atoms with Crippen molar-refractivity contribution in [1.82, 2.24) is 0 Å². The second kappa shape index (κ2) is 7.09. The molecule has 0 atom stereocenters. The summed E-state index contributed by atoms with van der Waals surface area (Å²) < 4.78 is 5.29. The molecular weight excluding hydrogens is 348 g/mol. The van der Waals surface area contributed by atoms with Crippen molar-refractivity contribution in [2.24, 2.45) is 0 Å². The molecule has 0 spiro atoms.